The van der Waals surface area contributed by atoms with E-state index in [1.54, 1.807) is 18.1 Å². The molecule has 0 radical (unpaired) electrons. The van der Waals surface area contributed by atoms with Crippen molar-refractivity contribution in [2.24, 2.45) is 0 Å². The number of rotatable bonds is 12. The van der Waals surface area contributed by atoms with Gasteiger partial charge in [-0.15, -0.1) is 10.2 Å². The number of imidazole rings is 1. The summed E-state index contributed by atoms with van der Waals surface area (Å²) in [5.41, 5.74) is 7.76. The second kappa shape index (κ2) is 11.7. The number of anilines is 1. The molecule has 5 N–H and O–H groups in total. The van der Waals surface area contributed by atoms with Crippen LogP contribution in [0.15, 0.2) is 18.2 Å². The zero-order valence-electron chi connectivity index (χ0n) is 14.5. The molecule has 0 aliphatic rings. The maximum Gasteiger partial charge on any atom is 0.203 e. The van der Waals surface area contributed by atoms with E-state index in [4.69, 9.17) is 11.0 Å². The number of hydrogen-bond donors (Lipinski definition) is 4. The second-order valence-corrected chi connectivity index (χ2v) is 8.46. The Kier molecular flexibility index (Phi) is 9.16. The summed E-state index contributed by atoms with van der Waals surface area (Å²) in [6.45, 7) is 3.57. The van der Waals surface area contributed by atoms with Crippen molar-refractivity contribution in [3.05, 3.63) is 34.6 Å². The van der Waals surface area contributed by atoms with Gasteiger partial charge in [-0.05, 0) is 6.92 Å². The molecule has 2 aromatic rings. The third kappa shape index (κ3) is 7.55. The predicted octanol–water partition coefficient (Wildman–Crippen LogP) is 1.86. The lowest BCUT2D eigenvalue weighted by molar-refractivity contribution is 0.728. The zero-order chi connectivity index (χ0) is 18.6. The van der Waals surface area contributed by atoms with Crippen LogP contribution in [0.25, 0.3) is 0 Å². The normalized spacial score (nSPS) is 11.3. The van der Waals surface area contributed by atoms with Crippen LogP contribution in [0.5, 0.6) is 0 Å². The van der Waals surface area contributed by atoms with Crippen molar-refractivity contribution < 1.29 is 0 Å². The Morgan fingerprint density at radius 3 is 2.62 bits per heavy atom. The fraction of sp³-hybridized carbons (Fsp3) is 0.467. The van der Waals surface area contributed by atoms with Crippen molar-refractivity contribution >= 4 is 40.0 Å². The zero-order valence-corrected chi connectivity index (χ0v) is 16.9. The molecule has 0 saturated heterocycles. The van der Waals surface area contributed by atoms with Gasteiger partial charge in [-0.3, -0.25) is 0 Å². The molecule has 0 spiro atoms. The van der Waals surface area contributed by atoms with Crippen molar-refractivity contribution in [1.29, 1.82) is 5.26 Å². The minimum atomic E-state index is 0.502. The Bertz CT molecular complexity index is 733. The summed E-state index contributed by atoms with van der Waals surface area (Å²) in [7, 11) is 0. The van der Waals surface area contributed by atoms with Crippen LogP contribution in [-0.4, -0.2) is 44.8 Å². The van der Waals surface area contributed by atoms with Gasteiger partial charge in [0, 0.05) is 41.8 Å². The van der Waals surface area contributed by atoms with Gasteiger partial charge in [-0.25, -0.2) is 4.98 Å². The highest BCUT2D eigenvalue weighted by atomic mass is 32.2. The average molecular weight is 411 g/mol. The van der Waals surface area contributed by atoms with Crippen LogP contribution in [-0.2, 0) is 11.5 Å². The SMILES string of the molecule is Cc1[nH]cnc1CSCCNC(=CC#N)NCCSCc1nnc(N)s1. The second-order valence-electron chi connectivity index (χ2n) is 5.15. The lowest BCUT2D eigenvalue weighted by atomic mass is 10.4. The molecule has 11 heteroatoms. The number of nitrogens with one attached hydrogen (secondary N) is 3. The topological polar surface area (TPSA) is 128 Å². The van der Waals surface area contributed by atoms with Gasteiger partial charge >= 0.3 is 0 Å². The largest absolute Gasteiger partial charge is 0.374 e. The number of aryl methyl sites for hydroxylation is 1. The molecule has 0 saturated carbocycles. The molecular formula is C15H22N8S3. The first-order valence-corrected chi connectivity index (χ1v) is 11.1. The highest BCUT2D eigenvalue weighted by molar-refractivity contribution is 7.98. The van der Waals surface area contributed by atoms with E-state index in [0.29, 0.717) is 5.13 Å². The van der Waals surface area contributed by atoms with Crippen LogP contribution in [0.4, 0.5) is 5.13 Å². The van der Waals surface area contributed by atoms with Gasteiger partial charge in [0.2, 0.25) is 5.13 Å². The van der Waals surface area contributed by atoms with E-state index in [0.717, 1.165) is 58.3 Å². The maximum atomic E-state index is 8.89. The van der Waals surface area contributed by atoms with E-state index >= 15 is 0 Å². The van der Waals surface area contributed by atoms with Gasteiger partial charge in [-0.2, -0.15) is 28.8 Å². The van der Waals surface area contributed by atoms with Crippen LogP contribution in [0.2, 0.25) is 0 Å². The fourth-order valence-corrected chi connectivity index (χ4v) is 4.32. The molecule has 0 amide bonds. The molecule has 2 aromatic heterocycles. The molecule has 8 nitrogen and oxygen atoms in total. The van der Waals surface area contributed by atoms with E-state index in [9.17, 15) is 0 Å². The smallest absolute Gasteiger partial charge is 0.203 e. The first-order valence-electron chi connectivity index (χ1n) is 7.98. The molecule has 140 valence electrons. The summed E-state index contributed by atoms with van der Waals surface area (Å²) in [4.78, 5) is 7.36. The maximum absolute atomic E-state index is 8.89. The first kappa shape index (κ1) is 20.4. The first-order chi connectivity index (χ1) is 12.7. The number of nitrogens with two attached hydrogens (primary N) is 1. The van der Waals surface area contributed by atoms with Crippen molar-refractivity contribution in [1.82, 2.24) is 30.8 Å². The summed E-state index contributed by atoms with van der Waals surface area (Å²) >= 11 is 4.97. The molecule has 26 heavy (non-hydrogen) atoms. The molecule has 0 aliphatic carbocycles. The van der Waals surface area contributed by atoms with Gasteiger partial charge in [0.1, 0.15) is 10.8 Å². The van der Waals surface area contributed by atoms with E-state index in [-0.39, 0.29) is 0 Å². The average Bonchev–Trinajstić information content (AvgIpc) is 3.22. The van der Waals surface area contributed by atoms with Crippen molar-refractivity contribution in [3.8, 4) is 6.07 Å². The number of hydrogen-bond acceptors (Lipinski definition) is 10. The minimum Gasteiger partial charge on any atom is -0.374 e. The van der Waals surface area contributed by atoms with Crippen LogP contribution >= 0.6 is 34.9 Å². The van der Waals surface area contributed by atoms with Gasteiger partial charge in [0.15, 0.2) is 0 Å². The lowest BCUT2D eigenvalue weighted by Gasteiger charge is -2.12. The van der Waals surface area contributed by atoms with Crippen LogP contribution in [0.1, 0.15) is 16.4 Å². The van der Waals surface area contributed by atoms with Gasteiger partial charge in [0.05, 0.1) is 24.2 Å². The number of aromatic nitrogens is 4. The Balaban J connectivity index is 1.55. The molecule has 0 aromatic carbocycles. The summed E-state index contributed by atoms with van der Waals surface area (Å²) in [5.74, 6) is 4.27. The van der Waals surface area contributed by atoms with Gasteiger partial charge < -0.3 is 21.4 Å². The predicted molar refractivity (Wildman–Crippen MR) is 110 cm³/mol. The molecule has 2 heterocycles. The molecule has 0 bridgehead atoms. The summed E-state index contributed by atoms with van der Waals surface area (Å²) in [6, 6.07) is 2.06. The highest BCUT2D eigenvalue weighted by Crippen LogP contribution is 2.17. The number of H-pyrrole nitrogens is 1. The van der Waals surface area contributed by atoms with Crippen LogP contribution in [0.3, 0.4) is 0 Å². The summed E-state index contributed by atoms with van der Waals surface area (Å²) in [5, 5.41) is 24.6. The molecule has 0 atom stereocenters. The third-order valence-electron chi connectivity index (χ3n) is 3.21. The highest BCUT2D eigenvalue weighted by Gasteiger charge is 2.02. The van der Waals surface area contributed by atoms with Crippen LogP contribution in [0, 0.1) is 18.3 Å². The van der Waals surface area contributed by atoms with Crippen LogP contribution < -0.4 is 16.4 Å². The van der Waals surface area contributed by atoms with E-state index in [1.807, 2.05) is 18.7 Å². The number of aromatic amines is 1. The van der Waals surface area contributed by atoms with E-state index < -0.39 is 0 Å². The number of nitrogens with zero attached hydrogens (tertiary/aromatic N) is 4. The molecule has 0 fully saturated rings. The summed E-state index contributed by atoms with van der Waals surface area (Å²) in [6.07, 6.45) is 3.22. The Morgan fingerprint density at radius 1 is 1.31 bits per heavy atom. The number of nitrogen functional groups attached to an aromatic ring is 1. The van der Waals surface area contributed by atoms with E-state index in [2.05, 4.69) is 36.9 Å². The minimum absolute atomic E-state index is 0.502. The Hall–Kier alpha value is -1.90. The molecule has 0 aliphatic heterocycles. The fourth-order valence-electron chi connectivity index (χ4n) is 1.93. The third-order valence-corrected chi connectivity index (χ3v) is 6.09. The Morgan fingerprint density at radius 2 is 2.04 bits per heavy atom. The standard InChI is InChI=1S/C15H22N8S3/c1-11-12(21-10-20-11)8-24-6-4-18-13(2-3-16)19-5-7-25-9-14-22-23-15(17)26-14/h2,10,18-19H,4-9H2,1H3,(H2,17,23)(H,20,21). The number of nitriles is 1. The number of allylic oxidation sites excluding steroid dienone is 1. The van der Waals surface area contributed by atoms with Gasteiger partial charge in [-0.1, -0.05) is 11.3 Å². The van der Waals surface area contributed by atoms with Crippen molar-refractivity contribution in [3.63, 3.8) is 0 Å². The quantitative estimate of drug-likeness (QED) is 0.306. The number of thioether (sulfide) groups is 2. The lowest BCUT2D eigenvalue weighted by Crippen LogP contribution is -2.29. The van der Waals surface area contributed by atoms with Gasteiger partial charge in [0.25, 0.3) is 0 Å². The molecule has 0 unspecified atom stereocenters. The van der Waals surface area contributed by atoms with E-state index in [1.165, 1.54) is 17.4 Å². The molecule has 2 rings (SSSR count). The monoisotopic (exact) mass is 410 g/mol. The van der Waals surface area contributed by atoms with Crippen molar-refractivity contribution in [2.45, 2.75) is 18.4 Å². The van der Waals surface area contributed by atoms with Crippen molar-refractivity contribution in [2.75, 3.05) is 30.3 Å². The molecular weight excluding hydrogens is 388 g/mol. The summed E-state index contributed by atoms with van der Waals surface area (Å²) < 4.78 is 0. The Labute approximate surface area is 165 Å².